The van der Waals surface area contributed by atoms with Gasteiger partial charge in [-0.05, 0) is 0 Å². The lowest BCUT2D eigenvalue weighted by atomic mass is 10.1. The van der Waals surface area contributed by atoms with Crippen LogP contribution in [-0.4, -0.2) is 22.9 Å². The molecule has 21 heavy (non-hydrogen) atoms. The van der Waals surface area contributed by atoms with Crippen LogP contribution in [0.2, 0.25) is 0 Å². The summed E-state index contributed by atoms with van der Waals surface area (Å²) in [4.78, 5) is 23.2. The molecule has 0 fully saturated rings. The summed E-state index contributed by atoms with van der Waals surface area (Å²) in [5.41, 5.74) is 1.95. The molecule has 0 aliphatic rings. The van der Waals surface area contributed by atoms with Gasteiger partial charge in [0.1, 0.15) is 0 Å². The van der Waals surface area contributed by atoms with Gasteiger partial charge in [0.05, 0.1) is 25.8 Å². The van der Waals surface area contributed by atoms with Crippen LogP contribution in [0.3, 0.4) is 0 Å². The molecule has 2 aromatic rings. The molecule has 0 bridgehead atoms. The number of carbonyl (C=O) groups excluding carboxylic acids is 1. The summed E-state index contributed by atoms with van der Waals surface area (Å²) in [6.07, 6.45) is 1.70. The number of hydrogen-bond acceptors (Lipinski definition) is 4. The van der Waals surface area contributed by atoms with Gasteiger partial charge in [-0.2, -0.15) is 5.10 Å². The van der Waals surface area contributed by atoms with E-state index in [-0.39, 0.29) is 24.5 Å². The second-order valence-corrected chi connectivity index (χ2v) is 4.41. The topological polar surface area (TPSA) is 61.2 Å². The Bertz CT molecular complexity index is 705. The van der Waals surface area contributed by atoms with Gasteiger partial charge in [0.15, 0.2) is 0 Å². The van der Waals surface area contributed by atoms with E-state index >= 15 is 0 Å². The van der Waals surface area contributed by atoms with Gasteiger partial charge in [-0.1, -0.05) is 43.0 Å². The number of aromatic nitrogens is 2. The lowest BCUT2D eigenvalue weighted by molar-refractivity contribution is -0.140. The molecule has 1 aromatic carbocycles. The van der Waals surface area contributed by atoms with Crippen molar-refractivity contribution in [1.82, 2.24) is 9.78 Å². The molecule has 0 saturated carbocycles. The summed E-state index contributed by atoms with van der Waals surface area (Å²) in [6, 6.07) is 11.0. The van der Waals surface area contributed by atoms with Crippen molar-refractivity contribution in [3.63, 3.8) is 0 Å². The van der Waals surface area contributed by atoms with E-state index in [1.54, 1.807) is 6.08 Å². The van der Waals surface area contributed by atoms with Crippen LogP contribution in [0.4, 0.5) is 0 Å². The quantitative estimate of drug-likeness (QED) is 0.789. The number of carbonyl (C=O) groups is 1. The number of esters is 1. The van der Waals surface area contributed by atoms with E-state index in [4.69, 9.17) is 0 Å². The van der Waals surface area contributed by atoms with Gasteiger partial charge in [-0.25, -0.2) is 4.68 Å². The minimum absolute atomic E-state index is 0.102. The molecule has 0 N–H and O–H groups in total. The van der Waals surface area contributed by atoms with Crippen LogP contribution in [0.1, 0.15) is 12.0 Å². The van der Waals surface area contributed by atoms with E-state index in [0.717, 1.165) is 5.56 Å². The predicted octanol–water partition coefficient (Wildman–Crippen LogP) is 2.12. The zero-order chi connectivity index (χ0) is 15.2. The first kappa shape index (κ1) is 14.7. The van der Waals surface area contributed by atoms with Gasteiger partial charge in [0.2, 0.25) is 0 Å². The van der Waals surface area contributed by atoms with Gasteiger partial charge < -0.3 is 4.74 Å². The fourth-order valence-electron chi connectivity index (χ4n) is 1.94. The van der Waals surface area contributed by atoms with E-state index in [9.17, 15) is 9.59 Å². The van der Waals surface area contributed by atoms with Crippen LogP contribution in [0.5, 0.6) is 0 Å². The van der Waals surface area contributed by atoms with Crippen LogP contribution in [-0.2, 0) is 16.1 Å². The third kappa shape index (κ3) is 3.45. The predicted molar refractivity (Wildman–Crippen MR) is 80.7 cm³/mol. The minimum atomic E-state index is -0.377. The maximum atomic E-state index is 12.0. The lowest BCUT2D eigenvalue weighted by Gasteiger charge is -2.09. The van der Waals surface area contributed by atoms with Crippen LogP contribution in [0.15, 0.2) is 47.8 Å². The van der Waals surface area contributed by atoms with Crippen molar-refractivity contribution in [3.8, 4) is 11.3 Å². The molecule has 0 amide bonds. The summed E-state index contributed by atoms with van der Waals surface area (Å²) in [6.45, 7) is 3.90. The molecule has 0 spiro atoms. The molecule has 1 heterocycles. The maximum absolute atomic E-state index is 12.0. The van der Waals surface area contributed by atoms with Gasteiger partial charge in [-0.15, -0.1) is 0 Å². The molecule has 0 saturated heterocycles. The van der Waals surface area contributed by atoms with Crippen LogP contribution < -0.4 is 5.56 Å². The van der Waals surface area contributed by atoms with Gasteiger partial charge in [0.25, 0.3) is 5.56 Å². The summed E-state index contributed by atoms with van der Waals surface area (Å²) in [5.74, 6) is -0.377. The number of ether oxygens (including phenoxy) is 1. The summed E-state index contributed by atoms with van der Waals surface area (Å²) >= 11 is 0. The van der Waals surface area contributed by atoms with Gasteiger partial charge in [0, 0.05) is 17.2 Å². The Labute approximate surface area is 122 Å². The van der Waals surface area contributed by atoms with Crippen molar-refractivity contribution >= 4 is 12.0 Å². The highest BCUT2D eigenvalue weighted by Gasteiger charge is 2.10. The largest absolute Gasteiger partial charge is 0.469 e. The van der Waals surface area contributed by atoms with Gasteiger partial charge >= 0.3 is 5.97 Å². The number of hydrogen-bond donors (Lipinski definition) is 0. The zero-order valence-corrected chi connectivity index (χ0v) is 11.8. The van der Waals surface area contributed by atoms with Crippen LogP contribution in [0.25, 0.3) is 17.3 Å². The van der Waals surface area contributed by atoms with Crippen molar-refractivity contribution in [2.24, 2.45) is 0 Å². The van der Waals surface area contributed by atoms with Crippen molar-refractivity contribution < 1.29 is 9.53 Å². The Kier molecular flexibility index (Phi) is 4.66. The average molecular weight is 284 g/mol. The first-order chi connectivity index (χ1) is 10.2. The smallest absolute Gasteiger partial charge is 0.307 e. The third-order valence-electron chi connectivity index (χ3n) is 3.05. The molecule has 0 radical (unpaired) electrons. The molecule has 0 aliphatic heterocycles. The first-order valence-corrected chi connectivity index (χ1v) is 6.52. The zero-order valence-electron chi connectivity index (χ0n) is 11.8. The molecule has 0 atom stereocenters. The Morgan fingerprint density at radius 3 is 2.71 bits per heavy atom. The standard InChI is InChI=1S/C16H16N2O3/c1-3-12-11-14(19)18(10-9-15(20)21-2)17-16(12)13-7-5-4-6-8-13/h3-8,11H,1,9-10H2,2H3. The number of aryl methyl sites for hydroxylation is 1. The fourth-order valence-corrected chi connectivity index (χ4v) is 1.94. The molecule has 1 aromatic heterocycles. The van der Waals surface area contributed by atoms with Crippen molar-refractivity contribution in [1.29, 1.82) is 0 Å². The fraction of sp³-hybridized carbons (Fsp3) is 0.188. The van der Waals surface area contributed by atoms with E-state index in [1.807, 2.05) is 30.3 Å². The highest BCUT2D eigenvalue weighted by atomic mass is 16.5. The molecule has 5 nitrogen and oxygen atoms in total. The number of benzene rings is 1. The Hall–Kier alpha value is -2.69. The monoisotopic (exact) mass is 284 g/mol. The van der Waals surface area contributed by atoms with E-state index < -0.39 is 0 Å². The number of rotatable bonds is 5. The summed E-state index contributed by atoms with van der Waals surface area (Å²) in [5, 5.41) is 4.34. The maximum Gasteiger partial charge on any atom is 0.307 e. The number of nitrogens with zero attached hydrogens (tertiary/aromatic N) is 2. The highest BCUT2D eigenvalue weighted by Crippen LogP contribution is 2.20. The molecule has 108 valence electrons. The lowest BCUT2D eigenvalue weighted by Crippen LogP contribution is -2.25. The second kappa shape index (κ2) is 6.65. The van der Waals surface area contributed by atoms with Crippen LogP contribution >= 0.6 is 0 Å². The molecule has 0 aliphatic carbocycles. The summed E-state index contributed by atoms with van der Waals surface area (Å²) < 4.78 is 5.84. The van der Waals surface area contributed by atoms with Crippen molar-refractivity contribution in [3.05, 3.63) is 58.9 Å². The second-order valence-electron chi connectivity index (χ2n) is 4.41. The highest BCUT2D eigenvalue weighted by molar-refractivity contribution is 5.71. The normalized spacial score (nSPS) is 10.1. The SMILES string of the molecule is C=Cc1cc(=O)n(CCC(=O)OC)nc1-c1ccccc1. The number of methoxy groups -OCH3 is 1. The Morgan fingerprint density at radius 2 is 2.10 bits per heavy atom. The Morgan fingerprint density at radius 1 is 1.38 bits per heavy atom. The van der Waals surface area contributed by atoms with E-state index in [2.05, 4.69) is 16.4 Å². The van der Waals surface area contributed by atoms with Crippen LogP contribution in [0, 0.1) is 0 Å². The van der Waals surface area contributed by atoms with Crippen molar-refractivity contribution in [2.45, 2.75) is 13.0 Å². The van der Waals surface area contributed by atoms with E-state index in [1.165, 1.54) is 17.9 Å². The first-order valence-electron chi connectivity index (χ1n) is 6.52. The third-order valence-corrected chi connectivity index (χ3v) is 3.05. The molecular weight excluding hydrogens is 268 g/mol. The van der Waals surface area contributed by atoms with Crippen molar-refractivity contribution in [2.75, 3.05) is 7.11 Å². The molecule has 2 rings (SSSR count). The molecular formula is C16H16N2O3. The molecule has 5 heteroatoms. The molecule has 0 unspecified atom stereocenters. The van der Waals surface area contributed by atoms with E-state index in [0.29, 0.717) is 11.3 Å². The summed E-state index contributed by atoms with van der Waals surface area (Å²) in [7, 11) is 1.31. The Balaban J connectivity index is 2.42. The average Bonchev–Trinajstić information content (AvgIpc) is 2.53. The minimum Gasteiger partial charge on any atom is -0.469 e. The van der Waals surface area contributed by atoms with Gasteiger partial charge in [-0.3, -0.25) is 9.59 Å².